The van der Waals surface area contributed by atoms with Gasteiger partial charge in [0.05, 0.1) is 12.6 Å². The second kappa shape index (κ2) is 5.43. The van der Waals surface area contributed by atoms with E-state index in [0.29, 0.717) is 18.9 Å². The fourth-order valence-electron chi connectivity index (χ4n) is 3.98. The molecular weight excluding hydrogens is 276 g/mol. The lowest BCUT2D eigenvalue weighted by atomic mass is 9.92. The highest BCUT2D eigenvalue weighted by Gasteiger charge is 2.44. The Morgan fingerprint density at radius 3 is 3.09 bits per heavy atom. The molecular formula is C18H22N2O2. The lowest BCUT2D eigenvalue weighted by molar-refractivity contribution is -0.147. The molecule has 2 fully saturated rings. The number of aromatic nitrogens is 1. The Morgan fingerprint density at radius 2 is 2.23 bits per heavy atom. The molecule has 1 aromatic carbocycles. The predicted octanol–water partition coefficient (Wildman–Crippen LogP) is 3.08. The fraction of sp³-hybridized carbons (Fsp3) is 0.500. The quantitative estimate of drug-likeness (QED) is 0.946. The molecule has 3 heterocycles. The van der Waals surface area contributed by atoms with Crippen LogP contribution in [0.4, 0.5) is 0 Å². The Balaban J connectivity index is 1.59. The van der Waals surface area contributed by atoms with Crippen molar-refractivity contribution in [1.29, 1.82) is 0 Å². The van der Waals surface area contributed by atoms with Crippen molar-refractivity contribution >= 4 is 16.8 Å². The number of benzene rings is 1. The molecule has 2 aromatic rings. The zero-order valence-electron chi connectivity index (χ0n) is 12.9. The molecule has 1 amide bonds. The molecule has 2 aliphatic heterocycles. The van der Waals surface area contributed by atoms with Crippen LogP contribution >= 0.6 is 0 Å². The van der Waals surface area contributed by atoms with E-state index in [2.05, 4.69) is 36.3 Å². The first-order valence-electron chi connectivity index (χ1n) is 8.25. The Kier molecular flexibility index (Phi) is 3.41. The van der Waals surface area contributed by atoms with Crippen molar-refractivity contribution in [2.45, 2.75) is 44.9 Å². The number of H-pyrrole nitrogens is 1. The number of aromatic amines is 1. The number of nitrogens with zero attached hydrogens (tertiary/aromatic N) is 1. The van der Waals surface area contributed by atoms with E-state index in [1.165, 1.54) is 10.9 Å². The van der Waals surface area contributed by atoms with Gasteiger partial charge in [0.2, 0.25) is 5.91 Å². The van der Waals surface area contributed by atoms with Crippen LogP contribution in [0, 0.1) is 5.92 Å². The van der Waals surface area contributed by atoms with Crippen LogP contribution < -0.4 is 0 Å². The van der Waals surface area contributed by atoms with Gasteiger partial charge in [-0.15, -0.1) is 0 Å². The minimum atomic E-state index is 0.00135. The number of rotatable bonds is 3. The molecule has 2 saturated heterocycles. The summed E-state index contributed by atoms with van der Waals surface area (Å²) >= 11 is 0. The largest absolute Gasteiger partial charge is 0.361 e. The molecule has 4 nitrogen and oxygen atoms in total. The lowest BCUT2D eigenvalue weighted by Crippen LogP contribution is -2.49. The maximum Gasteiger partial charge on any atom is 0.224 e. The van der Waals surface area contributed by atoms with Gasteiger partial charge in [-0.25, -0.2) is 0 Å². The summed E-state index contributed by atoms with van der Waals surface area (Å²) in [6.45, 7) is 2.85. The Labute approximate surface area is 130 Å². The predicted molar refractivity (Wildman–Crippen MR) is 85.4 cm³/mol. The van der Waals surface area contributed by atoms with Crippen LogP contribution in [-0.2, 0) is 16.0 Å². The molecule has 116 valence electrons. The highest BCUT2D eigenvalue weighted by molar-refractivity contribution is 5.83. The summed E-state index contributed by atoms with van der Waals surface area (Å²) in [4.78, 5) is 17.7. The van der Waals surface area contributed by atoms with Crippen molar-refractivity contribution in [3.8, 4) is 0 Å². The number of piperidine rings is 1. The van der Waals surface area contributed by atoms with Gasteiger partial charge in [0.15, 0.2) is 0 Å². The molecule has 1 aromatic heterocycles. The van der Waals surface area contributed by atoms with Crippen LogP contribution in [-0.4, -0.2) is 34.7 Å². The van der Waals surface area contributed by atoms with Crippen LogP contribution in [0.1, 0.15) is 31.7 Å². The molecule has 22 heavy (non-hydrogen) atoms. The lowest BCUT2D eigenvalue weighted by Gasteiger charge is -2.37. The summed E-state index contributed by atoms with van der Waals surface area (Å²) in [7, 11) is 0. The van der Waals surface area contributed by atoms with E-state index < -0.39 is 0 Å². The highest BCUT2D eigenvalue weighted by Crippen LogP contribution is 2.35. The van der Waals surface area contributed by atoms with Gasteiger partial charge in [-0.2, -0.15) is 0 Å². The van der Waals surface area contributed by atoms with Gasteiger partial charge >= 0.3 is 0 Å². The minimum Gasteiger partial charge on any atom is -0.361 e. The molecule has 4 heteroatoms. The summed E-state index contributed by atoms with van der Waals surface area (Å²) in [6, 6.07) is 8.50. The summed E-state index contributed by atoms with van der Waals surface area (Å²) in [5.41, 5.74) is 2.43. The first-order chi connectivity index (χ1) is 10.8. The maximum atomic E-state index is 12.4. The molecule has 0 unspecified atom stereocenters. The molecule has 0 saturated carbocycles. The third-order valence-electron chi connectivity index (χ3n) is 5.20. The van der Waals surface area contributed by atoms with Crippen LogP contribution in [0.3, 0.4) is 0 Å². The second-order valence-corrected chi connectivity index (χ2v) is 6.45. The van der Waals surface area contributed by atoms with Crippen molar-refractivity contribution in [3.05, 3.63) is 36.0 Å². The third kappa shape index (κ3) is 2.13. The summed E-state index contributed by atoms with van der Waals surface area (Å²) in [6.07, 6.45) is 5.65. The number of hydrogen-bond acceptors (Lipinski definition) is 2. The summed E-state index contributed by atoms with van der Waals surface area (Å²) in [5, 5.41) is 1.25. The van der Waals surface area contributed by atoms with Crippen molar-refractivity contribution in [2.75, 3.05) is 6.61 Å². The SMILES string of the molecule is CC[C@H]1CCC(=O)N2[C@@H](Cc3c[nH]c4ccccc34)CO[C@H]12. The van der Waals surface area contributed by atoms with Crippen LogP contribution in [0.2, 0.25) is 0 Å². The molecule has 4 rings (SSSR count). The van der Waals surface area contributed by atoms with E-state index in [1.54, 1.807) is 0 Å². The number of fused-ring (bicyclic) bond motifs is 2. The standard InChI is InChI=1S/C18H22N2O2/c1-2-12-7-8-17(21)20-14(11-22-18(12)20)9-13-10-19-16-6-4-3-5-15(13)16/h3-6,10,12,14,18-19H,2,7-9,11H2,1H3/t12-,14-,18+/m0/s1. The zero-order chi connectivity index (χ0) is 15.1. The molecule has 0 bridgehead atoms. The van der Waals surface area contributed by atoms with E-state index in [4.69, 9.17) is 4.74 Å². The Bertz CT molecular complexity index is 693. The van der Waals surface area contributed by atoms with Gasteiger partial charge in [-0.05, 0) is 30.9 Å². The van der Waals surface area contributed by atoms with Gasteiger partial charge in [0.25, 0.3) is 0 Å². The number of hydrogen-bond donors (Lipinski definition) is 1. The van der Waals surface area contributed by atoms with E-state index in [1.807, 2.05) is 11.0 Å². The second-order valence-electron chi connectivity index (χ2n) is 6.45. The Morgan fingerprint density at radius 1 is 1.36 bits per heavy atom. The van der Waals surface area contributed by atoms with Gasteiger partial charge in [-0.1, -0.05) is 25.1 Å². The van der Waals surface area contributed by atoms with E-state index in [9.17, 15) is 4.79 Å². The topological polar surface area (TPSA) is 45.3 Å². The number of para-hydroxylation sites is 1. The molecule has 0 spiro atoms. The number of carbonyl (C=O) groups is 1. The minimum absolute atomic E-state index is 0.00135. The normalized spacial score (nSPS) is 28.3. The first-order valence-corrected chi connectivity index (χ1v) is 8.25. The number of carbonyl (C=O) groups excluding carboxylic acids is 1. The molecule has 2 aliphatic rings. The van der Waals surface area contributed by atoms with Crippen molar-refractivity contribution < 1.29 is 9.53 Å². The summed E-state index contributed by atoms with van der Waals surface area (Å²) < 4.78 is 6.00. The first kappa shape index (κ1) is 13.8. The Hall–Kier alpha value is -1.81. The average molecular weight is 298 g/mol. The zero-order valence-corrected chi connectivity index (χ0v) is 12.9. The van der Waals surface area contributed by atoms with E-state index in [-0.39, 0.29) is 18.2 Å². The van der Waals surface area contributed by atoms with Gasteiger partial charge < -0.3 is 14.6 Å². The van der Waals surface area contributed by atoms with E-state index >= 15 is 0 Å². The van der Waals surface area contributed by atoms with Gasteiger partial charge in [0, 0.05) is 29.4 Å². The number of nitrogens with one attached hydrogen (secondary N) is 1. The van der Waals surface area contributed by atoms with Crippen molar-refractivity contribution in [2.24, 2.45) is 5.92 Å². The monoisotopic (exact) mass is 298 g/mol. The molecule has 0 radical (unpaired) electrons. The smallest absolute Gasteiger partial charge is 0.224 e. The average Bonchev–Trinajstić information content (AvgIpc) is 3.14. The third-order valence-corrected chi connectivity index (χ3v) is 5.20. The fourth-order valence-corrected chi connectivity index (χ4v) is 3.98. The van der Waals surface area contributed by atoms with Crippen molar-refractivity contribution in [3.63, 3.8) is 0 Å². The molecule has 1 N–H and O–H groups in total. The maximum absolute atomic E-state index is 12.4. The van der Waals surface area contributed by atoms with Crippen LogP contribution in [0.25, 0.3) is 10.9 Å². The molecule has 0 aliphatic carbocycles. The molecule has 3 atom stereocenters. The highest BCUT2D eigenvalue weighted by atomic mass is 16.5. The van der Waals surface area contributed by atoms with Crippen LogP contribution in [0.5, 0.6) is 0 Å². The number of ether oxygens (including phenoxy) is 1. The van der Waals surface area contributed by atoms with Gasteiger partial charge in [0.1, 0.15) is 6.23 Å². The van der Waals surface area contributed by atoms with E-state index in [0.717, 1.165) is 24.8 Å². The summed E-state index contributed by atoms with van der Waals surface area (Å²) in [5.74, 6) is 0.753. The van der Waals surface area contributed by atoms with Crippen molar-refractivity contribution in [1.82, 2.24) is 9.88 Å². The van der Waals surface area contributed by atoms with Gasteiger partial charge in [-0.3, -0.25) is 4.79 Å². The number of amides is 1. The van der Waals surface area contributed by atoms with Crippen LogP contribution in [0.15, 0.2) is 30.5 Å².